The number of phosphoric ester groups is 2. The van der Waals surface area contributed by atoms with Gasteiger partial charge in [-0.25, -0.2) is 9.13 Å². The number of allylic oxidation sites excluding steroid dienone is 5. The summed E-state index contributed by atoms with van der Waals surface area (Å²) >= 11 is 0. The van der Waals surface area contributed by atoms with Crippen molar-refractivity contribution < 1.29 is 71.8 Å². The zero-order valence-electron chi connectivity index (χ0n) is 36.0. The number of aliphatic hydroxyl groups is 3. The molecule has 3 unspecified atom stereocenters. The molecule has 0 aromatic carbocycles. The summed E-state index contributed by atoms with van der Waals surface area (Å²) in [6, 6.07) is 0. The van der Waals surface area contributed by atoms with Crippen LogP contribution in [0, 0.1) is 5.92 Å². The van der Waals surface area contributed by atoms with Crippen LogP contribution < -0.4 is 0 Å². The molecule has 0 saturated carbocycles. The van der Waals surface area contributed by atoms with Crippen molar-refractivity contribution in [1.82, 2.24) is 0 Å². The standard InChI is InChI=1S/C42H78O15P2/c1-4-5-6-7-8-9-10-11-15-18-21-24-28-39(44)40(45)29-26-31-42(47)57-38(35-56-59(51,52)55-33-37(43)32-54-58(48,49)50)34-53-41(46)30-25-22-19-16-13-12-14-17-20-23-27-36(2)3/h8-9,11,15,21,24,36-40,43-45H,4-7,10,12-14,16-20,22-23,25-35H2,1-3H3,(H,51,52)(H2,48,49,50)/b9-8-,15-11-,24-21-/t37-,38+,39?,40?/m0/s1. The van der Waals surface area contributed by atoms with Gasteiger partial charge in [0, 0.05) is 12.8 Å². The summed E-state index contributed by atoms with van der Waals surface area (Å²) < 4.78 is 47.5. The largest absolute Gasteiger partial charge is 0.472 e. The summed E-state index contributed by atoms with van der Waals surface area (Å²) in [5.41, 5.74) is 0. The van der Waals surface area contributed by atoms with E-state index in [0.29, 0.717) is 12.8 Å². The van der Waals surface area contributed by atoms with Crippen LogP contribution in [-0.2, 0) is 41.8 Å². The fraction of sp³-hybridized carbons (Fsp3) is 0.810. The number of esters is 2. The molecule has 0 saturated heterocycles. The average Bonchev–Trinajstić information content (AvgIpc) is 3.17. The van der Waals surface area contributed by atoms with E-state index in [0.717, 1.165) is 44.4 Å². The molecular weight excluding hydrogens is 806 g/mol. The van der Waals surface area contributed by atoms with E-state index in [1.165, 1.54) is 57.8 Å². The topological polar surface area (TPSA) is 236 Å². The lowest BCUT2D eigenvalue weighted by molar-refractivity contribution is -0.161. The molecule has 0 rings (SSSR count). The highest BCUT2D eigenvalue weighted by Gasteiger charge is 2.28. The molecule has 6 N–H and O–H groups in total. The van der Waals surface area contributed by atoms with Crippen molar-refractivity contribution in [1.29, 1.82) is 0 Å². The van der Waals surface area contributed by atoms with E-state index in [2.05, 4.69) is 48.0 Å². The van der Waals surface area contributed by atoms with Crippen molar-refractivity contribution in [2.24, 2.45) is 5.92 Å². The summed E-state index contributed by atoms with van der Waals surface area (Å²) in [5, 5.41) is 30.5. The molecule has 0 bridgehead atoms. The number of ether oxygens (including phenoxy) is 2. The number of phosphoric acid groups is 2. The van der Waals surface area contributed by atoms with Gasteiger partial charge in [0.15, 0.2) is 6.10 Å². The van der Waals surface area contributed by atoms with Crippen molar-refractivity contribution in [3.63, 3.8) is 0 Å². The first-order valence-corrected chi connectivity index (χ1v) is 24.7. The Kier molecular flexibility index (Phi) is 35.8. The van der Waals surface area contributed by atoms with Gasteiger partial charge in [-0.3, -0.25) is 23.2 Å². The maximum Gasteiger partial charge on any atom is 0.472 e. The van der Waals surface area contributed by atoms with Gasteiger partial charge in [-0.05, 0) is 57.3 Å². The van der Waals surface area contributed by atoms with Crippen LogP contribution in [0.15, 0.2) is 36.5 Å². The Hall–Kier alpha value is -1.74. The van der Waals surface area contributed by atoms with Gasteiger partial charge in [0.1, 0.15) is 12.7 Å². The van der Waals surface area contributed by atoms with E-state index < -0.39 is 78.4 Å². The molecular formula is C42H78O15P2. The lowest BCUT2D eigenvalue weighted by Gasteiger charge is -2.21. The van der Waals surface area contributed by atoms with Crippen LogP contribution in [0.1, 0.15) is 162 Å². The van der Waals surface area contributed by atoms with E-state index in [4.69, 9.17) is 23.8 Å². The number of unbranched alkanes of at least 4 members (excludes halogenated alkanes) is 12. The fourth-order valence-corrected chi connectivity index (χ4v) is 6.85. The third kappa shape index (κ3) is 40.1. The highest BCUT2D eigenvalue weighted by Crippen LogP contribution is 2.43. The normalized spacial score (nSPS) is 15.6. The summed E-state index contributed by atoms with van der Waals surface area (Å²) in [6.07, 6.45) is 26.1. The summed E-state index contributed by atoms with van der Waals surface area (Å²) in [6.45, 7) is 3.68. The van der Waals surface area contributed by atoms with Crippen molar-refractivity contribution in [2.45, 2.75) is 186 Å². The van der Waals surface area contributed by atoms with Crippen molar-refractivity contribution in [2.75, 3.05) is 26.4 Å². The van der Waals surface area contributed by atoms with E-state index in [-0.39, 0.29) is 32.1 Å². The Morgan fingerprint density at radius 2 is 1.12 bits per heavy atom. The lowest BCUT2D eigenvalue weighted by atomic mass is 10.0. The van der Waals surface area contributed by atoms with Gasteiger partial charge in [-0.1, -0.05) is 134 Å². The Bertz CT molecular complexity index is 1240. The van der Waals surface area contributed by atoms with Crippen LogP contribution in [-0.4, -0.2) is 92.8 Å². The van der Waals surface area contributed by atoms with Gasteiger partial charge in [0.25, 0.3) is 0 Å². The molecule has 0 aliphatic carbocycles. The van der Waals surface area contributed by atoms with Crippen molar-refractivity contribution >= 4 is 27.6 Å². The number of carbonyl (C=O) groups is 2. The smallest absolute Gasteiger partial charge is 0.462 e. The maximum absolute atomic E-state index is 12.7. The van der Waals surface area contributed by atoms with Crippen molar-refractivity contribution in [3.05, 3.63) is 36.5 Å². The Morgan fingerprint density at radius 1 is 0.576 bits per heavy atom. The number of aliphatic hydroxyl groups excluding tert-OH is 3. The minimum atomic E-state index is -4.90. The van der Waals surface area contributed by atoms with E-state index >= 15 is 0 Å². The molecule has 0 heterocycles. The zero-order valence-corrected chi connectivity index (χ0v) is 37.8. The second kappa shape index (κ2) is 36.9. The van der Waals surface area contributed by atoms with Gasteiger partial charge in [-0.2, -0.15) is 0 Å². The number of rotatable bonds is 40. The van der Waals surface area contributed by atoms with E-state index in [9.17, 15) is 38.9 Å². The highest BCUT2D eigenvalue weighted by molar-refractivity contribution is 7.47. The molecule has 17 heteroatoms. The lowest BCUT2D eigenvalue weighted by Crippen LogP contribution is -2.30. The highest BCUT2D eigenvalue weighted by atomic mass is 31.2. The molecule has 59 heavy (non-hydrogen) atoms. The number of carbonyl (C=O) groups excluding carboxylic acids is 2. The zero-order chi connectivity index (χ0) is 44.2. The van der Waals surface area contributed by atoms with Crippen LogP contribution in [0.4, 0.5) is 0 Å². The van der Waals surface area contributed by atoms with E-state index in [1.54, 1.807) is 6.08 Å². The summed E-state index contributed by atoms with van der Waals surface area (Å²) in [4.78, 5) is 52.7. The van der Waals surface area contributed by atoms with Gasteiger partial charge >= 0.3 is 27.6 Å². The monoisotopic (exact) mass is 884 g/mol. The minimum absolute atomic E-state index is 0.0942. The molecule has 0 spiro atoms. The molecule has 0 radical (unpaired) electrons. The predicted molar refractivity (Wildman–Crippen MR) is 228 cm³/mol. The predicted octanol–water partition coefficient (Wildman–Crippen LogP) is 8.69. The van der Waals surface area contributed by atoms with Gasteiger partial charge in [-0.15, -0.1) is 0 Å². The van der Waals surface area contributed by atoms with Crippen LogP contribution in [0.25, 0.3) is 0 Å². The number of hydrogen-bond acceptors (Lipinski definition) is 12. The van der Waals surface area contributed by atoms with Crippen LogP contribution in [0.3, 0.4) is 0 Å². The Morgan fingerprint density at radius 3 is 1.73 bits per heavy atom. The molecule has 0 amide bonds. The third-order valence-electron chi connectivity index (χ3n) is 9.15. The first kappa shape index (κ1) is 57.3. The third-order valence-corrected chi connectivity index (χ3v) is 10.6. The SMILES string of the molecule is CCCCC/C=C\C/C=C\C/C=C\CC(O)C(O)CCCC(=O)O[C@H](COC(=O)CCCCCCCCCCCCC(C)C)COP(=O)(O)OC[C@@H](O)COP(=O)(O)O. The van der Waals surface area contributed by atoms with Gasteiger partial charge in [0.2, 0.25) is 0 Å². The number of hydrogen-bond donors (Lipinski definition) is 6. The summed E-state index contributed by atoms with van der Waals surface area (Å²) in [7, 11) is -9.78. The van der Waals surface area contributed by atoms with Gasteiger partial charge < -0.3 is 39.5 Å². The molecule has 0 fully saturated rings. The van der Waals surface area contributed by atoms with Crippen LogP contribution in [0.2, 0.25) is 0 Å². The average molecular weight is 885 g/mol. The van der Waals surface area contributed by atoms with Crippen LogP contribution >= 0.6 is 15.6 Å². The molecule has 0 aliphatic heterocycles. The first-order chi connectivity index (χ1) is 28.0. The van der Waals surface area contributed by atoms with Gasteiger partial charge in [0.05, 0.1) is 32.0 Å². The Labute approximate surface area is 353 Å². The molecule has 0 aromatic rings. The maximum atomic E-state index is 12.7. The van der Waals surface area contributed by atoms with Crippen molar-refractivity contribution in [3.8, 4) is 0 Å². The molecule has 0 aliphatic rings. The molecule has 346 valence electrons. The fourth-order valence-electron chi connectivity index (χ4n) is 5.69. The first-order valence-electron chi connectivity index (χ1n) is 21.7. The molecule has 15 nitrogen and oxygen atoms in total. The van der Waals surface area contributed by atoms with E-state index in [1.807, 2.05) is 12.2 Å². The Balaban J connectivity index is 4.77. The second-order valence-corrected chi connectivity index (χ2v) is 18.1. The quantitative estimate of drug-likeness (QED) is 0.0146. The molecule has 0 aromatic heterocycles. The minimum Gasteiger partial charge on any atom is -0.462 e. The molecule has 5 atom stereocenters. The summed E-state index contributed by atoms with van der Waals surface area (Å²) in [5.74, 6) is -0.558. The van der Waals surface area contributed by atoms with Crippen LogP contribution in [0.5, 0.6) is 0 Å². The second-order valence-electron chi connectivity index (χ2n) is 15.4.